The number of phenolic OH excluding ortho intramolecular Hbond substituents is 1. The number of hydrogen-bond acceptors (Lipinski definition) is 5. The number of fused-ring (bicyclic) bond motifs is 1. The van der Waals surface area contributed by atoms with Gasteiger partial charge < -0.3 is 19.6 Å². The highest BCUT2D eigenvalue weighted by atomic mass is 35.5. The van der Waals surface area contributed by atoms with E-state index < -0.39 is 23.8 Å². The molecular weight excluding hydrogens is 377 g/mol. The molecule has 6 nitrogen and oxygen atoms in total. The number of nitrogens with one attached hydrogen (secondary N) is 1. The molecule has 1 aromatic heterocycles. The summed E-state index contributed by atoms with van der Waals surface area (Å²) in [5.74, 6) is -1.74. The highest BCUT2D eigenvalue weighted by molar-refractivity contribution is 6.31. The number of benzene rings is 2. The SMILES string of the molecule is C[C@H](OC(=O)Cc1coc2cc(O)ccc12)C(=O)Nc1ccc(F)c(Cl)c1. The number of phenols is 1. The van der Waals surface area contributed by atoms with Crippen molar-refractivity contribution in [1.29, 1.82) is 0 Å². The van der Waals surface area contributed by atoms with E-state index >= 15 is 0 Å². The van der Waals surface area contributed by atoms with Crippen LogP contribution in [0.25, 0.3) is 11.0 Å². The van der Waals surface area contributed by atoms with E-state index in [1.807, 2.05) is 0 Å². The lowest BCUT2D eigenvalue weighted by Gasteiger charge is -2.13. The fraction of sp³-hybridized carbons (Fsp3) is 0.158. The molecular formula is C19H15ClFNO5. The van der Waals surface area contributed by atoms with Crippen molar-refractivity contribution in [3.8, 4) is 5.75 Å². The second-order valence-electron chi connectivity index (χ2n) is 5.87. The molecule has 8 heteroatoms. The van der Waals surface area contributed by atoms with Crippen LogP contribution < -0.4 is 5.32 Å². The highest BCUT2D eigenvalue weighted by Crippen LogP contribution is 2.25. The highest BCUT2D eigenvalue weighted by Gasteiger charge is 2.20. The lowest BCUT2D eigenvalue weighted by atomic mass is 10.1. The van der Waals surface area contributed by atoms with Gasteiger partial charge in [0, 0.05) is 22.7 Å². The van der Waals surface area contributed by atoms with E-state index in [0.717, 1.165) is 6.07 Å². The molecule has 2 aromatic carbocycles. The monoisotopic (exact) mass is 391 g/mol. The summed E-state index contributed by atoms with van der Waals surface area (Å²) in [4.78, 5) is 24.2. The van der Waals surface area contributed by atoms with Gasteiger partial charge in [0.2, 0.25) is 0 Å². The zero-order valence-corrected chi connectivity index (χ0v) is 14.9. The number of amides is 1. The Bertz CT molecular complexity index is 1020. The molecule has 0 unspecified atom stereocenters. The Morgan fingerprint density at radius 3 is 2.81 bits per heavy atom. The molecule has 1 amide bonds. The molecule has 0 bridgehead atoms. The van der Waals surface area contributed by atoms with Crippen LogP contribution >= 0.6 is 11.6 Å². The van der Waals surface area contributed by atoms with Crippen LogP contribution in [0.1, 0.15) is 12.5 Å². The number of halogens is 2. The number of furan rings is 1. The molecule has 0 spiro atoms. The number of carbonyl (C=O) groups is 2. The number of hydrogen-bond donors (Lipinski definition) is 2. The molecule has 140 valence electrons. The molecule has 0 radical (unpaired) electrons. The summed E-state index contributed by atoms with van der Waals surface area (Å²) in [6.07, 6.45) is 0.234. The quantitative estimate of drug-likeness (QED) is 0.641. The molecule has 0 aliphatic rings. The third-order valence-electron chi connectivity index (χ3n) is 3.84. The average Bonchev–Trinajstić information content (AvgIpc) is 2.99. The van der Waals surface area contributed by atoms with Crippen molar-refractivity contribution in [3.05, 3.63) is 59.1 Å². The van der Waals surface area contributed by atoms with E-state index in [1.54, 1.807) is 6.07 Å². The van der Waals surface area contributed by atoms with Gasteiger partial charge in [0.1, 0.15) is 17.1 Å². The number of carbonyl (C=O) groups excluding carboxylic acids is 2. The minimum atomic E-state index is -1.07. The predicted molar refractivity (Wildman–Crippen MR) is 97.2 cm³/mol. The molecule has 0 saturated carbocycles. The first kappa shape index (κ1) is 18.7. The van der Waals surface area contributed by atoms with Gasteiger partial charge in [-0.15, -0.1) is 0 Å². The van der Waals surface area contributed by atoms with Gasteiger partial charge in [-0.1, -0.05) is 11.6 Å². The fourth-order valence-corrected chi connectivity index (χ4v) is 2.65. The first-order valence-electron chi connectivity index (χ1n) is 7.98. The molecule has 0 saturated heterocycles. The number of esters is 1. The summed E-state index contributed by atoms with van der Waals surface area (Å²) >= 11 is 5.66. The number of anilines is 1. The second kappa shape index (κ2) is 7.67. The molecule has 0 aliphatic carbocycles. The average molecular weight is 392 g/mol. The van der Waals surface area contributed by atoms with Gasteiger partial charge in [0.05, 0.1) is 17.7 Å². The van der Waals surface area contributed by atoms with Crippen LogP contribution in [-0.4, -0.2) is 23.1 Å². The zero-order valence-electron chi connectivity index (χ0n) is 14.2. The van der Waals surface area contributed by atoms with Crippen molar-refractivity contribution in [3.63, 3.8) is 0 Å². The van der Waals surface area contributed by atoms with Crippen molar-refractivity contribution < 1.29 is 28.2 Å². The molecule has 1 heterocycles. The van der Waals surface area contributed by atoms with Gasteiger partial charge in [-0.2, -0.15) is 0 Å². The minimum absolute atomic E-state index is 0.0529. The van der Waals surface area contributed by atoms with Crippen LogP contribution in [-0.2, 0) is 20.7 Å². The lowest BCUT2D eigenvalue weighted by molar-refractivity contribution is -0.152. The summed E-state index contributed by atoms with van der Waals surface area (Å²) in [5, 5.41) is 12.5. The first-order chi connectivity index (χ1) is 12.8. The Morgan fingerprint density at radius 1 is 1.30 bits per heavy atom. The van der Waals surface area contributed by atoms with E-state index in [4.69, 9.17) is 20.8 Å². The van der Waals surface area contributed by atoms with Crippen LogP contribution in [0, 0.1) is 5.82 Å². The van der Waals surface area contributed by atoms with Gasteiger partial charge in [0.25, 0.3) is 5.91 Å². The van der Waals surface area contributed by atoms with Gasteiger partial charge >= 0.3 is 5.97 Å². The smallest absolute Gasteiger partial charge is 0.311 e. The second-order valence-corrected chi connectivity index (χ2v) is 6.28. The van der Waals surface area contributed by atoms with Crippen LogP contribution in [0.2, 0.25) is 5.02 Å². The van der Waals surface area contributed by atoms with Crippen molar-refractivity contribution >= 4 is 40.1 Å². The number of ether oxygens (including phenoxy) is 1. The van der Waals surface area contributed by atoms with Gasteiger partial charge in [0.15, 0.2) is 6.10 Å². The Morgan fingerprint density at radius 2 is 2.07 bits per heavy atom. The maximum atomic E-state index is 13.1. The van der Waals surface area contributed by atoms with E-state index in [-0.39, 0.29) is 22.9 Å². The van der Waals surface area contributed by atoms with Crippen LogP contribution in [0.15, 0.2) is 47.1 Å². The maximum Gasteiger partial charge on any atom is 0.311 e. The Labute approximate surface area is 158 Å². The summed E-state index contributed by atoms with van der Waals surface area (Å²) in [6.45, 7) is 1.42. The molecule has 0 aliphatic heterocycles. The van der Waals surface area contributed by atoms with Gasteiger partial charge in [-0.05, 0) is 37.3 Å². The number of aromatic hydroxyl groups is 1. The molecule has 3 rings (SSSR count). The van der Waals surface area contributed by atoms with Gasteiger partial charge in [-0.3, -0.25) is 9.59 Å². The summed E-state index contributed by atoms with van der Waals surface area (Å²) in [7, 11) is 0. The third kappa shape index (κ3) is 4.38. The predicted octanol–water partition coefficient (Wildman–Crippen LogP) is 4.04. The van der Waals surface area contributed by atoms with Crippen molar-refractivity contribution in [2.45, 2.75) is 19.4 Å². The zero-order chi connectivity index (χ0) is 19.6. The van der Waals surface area contributed by atoms with Crippen molar-refractivity contribution in [1.82, 2.24) is 0 Å². The van der Waals surface area contributed by atoms with E-state index in [0.29, 0.717) is 16.5 Å². The third-order valence-corrected chi connectivity index (χ3v) is 4.13. The summed E-state index contributed by atoms with van der Waals surface area (Å²) < 4.78 is 23.6. The summed E-state index contributed by atoms with van der Waals surface area (Å²) in [6, 6.07) is 8.28. The van der Waals surface area contributed by atoms with Crippen LogP contribution in [0.3, 0.4) is 0 Å². The van der Waals surface area contributed by atoms with E-state index in [2.05, 4.69) is 5.32 Å². The van der Waals surface area contributed by atoms with Crippen molar-refractivity contribution in [2.75, 3.05) is 5.32 Å². The van der Waals surface area contributed by atoms with Gasteiger partial charge in [-0.25, -0.2) is 4.39 Å². The molecule has 2 N–H and O–H groups in total. The summed E-state index contributed by atoms with van der Waals surface area (Å²) in [5.41, 5.74) is 1.31. The molecule has 1 atom stereocenters. The Kier molecular flexibility index (Phi) is 5.32. The lowest BCUT2D eigenvalue weighted by Crippen LogP contribution is -2.30. The topological polar surface area (TPSA) is 88.8 Å². The molecule has 27 heavy (non-hydrogen) atoms. The Balaban J connectivity index is 1.60. The fourth-order valence-electron chi connectivity index (χ4n) is 2.47. The van der Waals surface area contributed by atoms with E-state index in [1.165, 1.54) is 37.5 Å². The molecule has 3 aromatic rings. The maximum absolute atomic E-state index is 13.1. The van der Waals surface area contributed by atoms with E-state index in [9.17, 15) is 19.1 Å². The Hall–Kier alpha value is -3.06. The van der Waals surface area contributed by atoms with Crippen LogP contribution in [0.5, 0.6) is 5.75 Å². The standard InChI is InChI=1S/C19H15ClFNO5/c1-10(19(25)22-12-2-5-16(21)15(20)7-12)27-18(24)6-11-9-26-17-8-13(23)3-4-14(11)17/h2-5,7-10,23H,6H2,1H3,(H,22,25)/t10-/m0/s1. The molecule has 0 fully saturated rings. The first-order valence-corrected chi connectivity index (χ1v) is 8.36. The number of rotatable bonds is 5. The normalized spacial score (nSPS) is 12.0. The van der Waals surface area contributed by atoms with Crippen molar-refractivity contribution in [2.24, 2.45) is 0 Å². The van der Waals surface area contributed by atoms with Crippen LogP contribution in [0.4, 0.5) is 10.1 Å². The minimum Gasteiger partial charge on any atom is -0.508 e. The largest absolute Gasteiger partial charge is 0.508 e.